The Hall–Kier alpha value is -2.10. The summed E-state index contributed by atoms with van der Waals surface area (Å²) in [5, 5.41) is 8.16. The molecule has 7 nitrogen and oxygen atoms in total. The van der Waals surface area contributed by atoms with Crippen LogP contribution in [0.5, 0.6) is 5.75 Å². The molecule has 0 amide bonds. The van der Waals surface area contributed by atoms with Gasteiger partial charge in [0.15, 0.2) is 5.96 Å². The van der Waals surface area contributed by atoms with E-state index in [-0.39, 0.29) is 12.6 Å². The van der Waals surface area contributed by atoms with Crippen molar-refractivity contribution in [2.24, 2.45) is 10.9 Å². The van der Waals surface area contributed by atoms with Crippen LogP contribution < -0.4 is 20.1 Å². The van der Waals surface area contributed by atoms with Gasteiger partial charge in [0.2, 0.25) is 10.0 Å². The largest absolute Gasteiger partial charge is 0.493 e. The molecule has 160 valence electrons. The molecule has 0 fully saturated rings. The first-order valence-corrected chi connectivity index (χ1v) is 11.9. The molecule has 9 heteroatoms. The van der Waals surface area contributed by atoms with E-state index in [1.165, 1.54) is 11.3 Å². The number of hydrogen-bond donors (Lipinski definition) is 3. The van der Waals surface area contributed by atoms with Crippen LogP contribution in [-0.4, -0.2) is 41.1 Å². The zero-order valence-electron chi connectivity index (χ0n) is 17.3. The van der Waals surface area contributed by atoms with Crippen LogP contribution in [0.3, 0.4) is 0 Å². The molecule has 2 aromatic rings. The average Bonchev–Trinajstić information content (AvgIpc) is 3.25. The van der Waals surface area contributed by atoms with E-state index in [1.807, 2.05) is 31.2 Å². The van der Waals surface area contributed by atoms with E-state index < -0.39 is 10.0 Å². The number of guanidine groups is 1. The Bertz CT molecular complexity index is 864. The van der Waals surface area contributed by atoms with Crippen molar-refractivity contribution in [2.45, 2.75) is 31.0 Å². The van der Waals surface area contributed by atoms with E-state index in [0.29, 0.717) is 29.2 Å². The van der Waals surface area contributed by atoms with Gasteiger partial charge in [-0.3, -0.25) is 4.99 Å². The van der Waals surface area contributed by atoms with Gasteiger partial charge in [0.25, 0.3) is 0 Å². The normalized spacial score (nSPS) is 13.3. The molecular weight excluding hydrogens is 408 g/mol. The Kier molecular flexibility index (Phi) is 8.94. The molecule has 1 unspecified atom stereocenters. The fraction of sp³-hybridized carbons (Fsp3) is 0.450. The number of aliphatic imine (C=N–C) groups is 1. The molecule has 3 N–H and O–H groups in total. The lowest BCUT2D eigenvalue weighted by Gasteiger charge is -2.19. The van der Waals surface area contributed by atoms with Crippen molar-refractivity contribution in [1.29, 1.82) is 0 Å². The van der Waals surface area contributed by atoms with Crippen molar-refractivity contribution in [2.75, 3.05) is 26.7 Å². The summed E-state index contributed by atoms with van der Waals surface area (Å²) >= 11 is 1.19. The zero-order valence-corrected chi connectivity index (χ0v) is 18.9. The highest BCUT2D eigenvalue weighted by atomic mass is 32.2. The number of thiophene rings is 1. The molecule has 2 rings (SSSR count). The van der Waals surface area contributed by atoms with Crippen LogP contribution in [-0.2, 0) is 10.0 Å². The van der Waals surface area contributed by atoms with Crippen LogP contribution in [0, 0.1) is 5.92 Å². The second-order valence-electron chi connectivity index (χ2n) is 6.97. The Morgan fingerprint density at radius 2 is 1.86 bits per heavy atom. The van der Waals surface area contributed by atoms with Crippen molar-refractivity contribution in [3.05, 3.63) is 47.3 Å². The Balaban J connectivity index is 1.78. The van der Waals surface area contributed by atoms with E-state index in [1.54, 1.807) is 24.6 Å². The van der Waals surface area contributed by atoms with E-state index in [4.69, 9.17) is 4.74 Å². The summed E-state index contributed by atoms with van der Waals surface area (Å²) in [6, 6.07) is 11.3. The molecule has 1 heterocycles. The Morgan fingerprint density at radius 1 is 1.14 bits per heavy atom. The third-order valence-corrected chi connectivity index (χ3v) is 6.87. The highest BCUT2D eigenvalue weighted by Gasteiger charge is 2.14. The predicted molar refractivity (Wildman–Crippen MR) is 119 cm³/mol. The fourth-order valence-corrected chi connectivity index (χ4v) is 4.52. The molecule has 0 aliphatic rings. The summed E-state index contributed by atoms with van der Waals surface area (Å²) in [6.07, 6.45) is 0. The predicted octanol–water partition coefficient (Wildman–Crippen LogP) is 2.99. The summed E-state index contributed by atoms with van der Waals surface area (Å²) in [6.45, 7) is 7.64. The minimum atomic E-state index is -3.45. The molecule has 1 atom stereocenters. The number of hydrogen-bond acceptors (Lipinski definition) is 5. The van der Waals surface area contributed by atoms with Crippen LogP contribution in [0.2, 0.25) is 0 Å². The Labute approximate surface area is 177 Å². The minimum Gasteiger partial charge on any atom is -0.493 e. The summed E-state index contributed by atoms with van der Waals surface area (Å²) in [7, 11) is -1.76. The van der Waals surface area contributed by atoms with Gasteiger partial charge in [0, 0.05) is 20.1 Å². The van der Waals surface area contributed by atoms with Gasteiger partial charge in [-0.2, -0.15) is 0 Å². The number of ether oxygens (including phenoxy) is 1. The number of sulfonamides is 1. The van der Waals surface area contributed by atoms with Gasteiger partial charge in [0.1, 0.15) is 9.96 Å². The standard InChI is InChI=1S/C20H30N4O3S2/c1-15(2)14-27-18-9-7-17(8-10-18)16(3)24-20(21-4)22-11-12-23-29(25,26)19-6-5-13-28-19/h5-10,13,15-16,23H,11-12,14H2,1-4H3,(H2,21,22,24). The maximum Gasteiger partial charge on any atom is 0.250 e. The minimum absolute atomic E-state index is 0.0307. The molecule has 0 aliphatic carbocycles. The molecule has 1 aromatic heterocycles. The molecular formula is C20H30N4O3S2. The molecule has 0 saturated heterocycles. The van der Waals surface area contributed by atoms with Crippen molar-refractivity contribution in [1.82, 2.24) is 15.4 Å². The van der Waals surface area contributed by atoms with Crippen LogP contribution >= 0.6 is 11.3 Å². The first-order valence-electron chi connectivity index (χ1n) is 9.55. The van der Waals surface area contributed by atoms with Crippen molar-refractivity contribution in [3.8, 4) is 5.75 Å². The first-order chi connectivity index (χ1) is 13.8. The van der Waals surface area contributed by atoms with Gasteiger partial charge in [-0.1, -0.05) is 32.0 Å². The lowest BCUT2D eigenvalue weighted by Crippen LogP contribution is -2.42. The lowest BCUT2D eigenvalue weighted by molar-refractivity contribution is 0.271. The van der Waals surface area contributed by atoms with Crippen LogP contribution in [0.15, 0.2) is 51.0 Å². The van der Waals surface area contributed by atoms with E-state index in [2.05, 4.69) is 34.2 Å². The summed E-state index contributed by atoms with van der Waals surface area (Å²) in [4.78, 5) is 4.20. The number of rotatable bonds is 10. The van der Waals surface area contributed by atoms with E-state index in [0.717, 1.165) is 11.3 Å². The molecule has 0 saturated carbocycles. The monoisotopic (exact) mass is 438 g/mol. The molecule has 0 radical (unpaired) electrons. The third-order valence-electron chi connectivity index (χ3n) is 4.01. The van der Waals surface area contributed by atoms with Crippen molar-refractivity contribution in [3.63, 3.8) is 0 Å². The van der Waals surface area contributed by atoms with Gasteiger partial charge < -0.3 is 15.4 Å². The lowest BCUT2D eigenvalue weighted by atomic mass is 10.1. The second-order valence-corrected chi connectivity index (χ2v) is 9.91. The molecule has 0 spiro atoms. The molecule has 0 bridgehead atoms. The number of nitrogens with zero attached hydrogens (tertiary/aromatic N) is 1. The second kappa shape index (κ2) is 11.2. The molecule has 29 heavy (non-hydrogen) atoms. The van der Waals surface area contributed by atoms with Crippen molar-refractivity contribution >= 4 is 27.3 Å². The van der Waals surface area contributed by atoms with E-state index >= 15 is 0 Å². The quantitative estimate of drug-likeness (QED) is 0.301. The summed E-state index contributed by atoms with van der Waals surface area (Å²) in [5.74, 6) is 1.95. The van der Waals surface area contributed by atoms with Crippen LogP contribution in [0.1, 0.15) is 32.4 Å². The number of benzene rings is 1. The Morgan fingerprint density at radius 3 is 2.45 bits per heavy atom. The summed E-state index contributed by atoms with van der Waals surface area (Å²) < 4.78 is 32.8. The van der Waals surface area contributed by atoms with Gasteiger partial charge in [-0.15, -0.1) is 11.3 Å². The highest BCUT2D eigenvalue weighted by Crippen LogP contribution is 2.18. The molecule has 1 aromatic carbocycles. The van der Waals surface area contributed by atoms with Gasteiger partial charge in [-0.25, -0.2) is 13.1 Å². The van der Waals surface area contributed by atoms with Crippen molar-refractivity contribution < 1.29 is 13.2 Å². The highest BCUT2D eigenvalue weighted by molar-refractivity contribution is 7.91. The van der Waals surface area contributed by atoms with Gasteiger partial charge in [0.05, 0.1) is 12.6 Å². The summed E-state index contributed by atoms with van der Waals surface area (Å²) in [5.41, 5.74) is 1.10. The zero-order chi connectivity index (χ0) is 21.3. The molecule has 0 aliphatic heterocycles. The SMILES string of the molecule is CN=C(NCCNS(=O)(=O)c1cccs1)NC(C)c1ccc(OCC(C)C)cc1. The van der Waals surface area contributed by atoms with Gasteiger partial charge >= 0.3 is 0 Å². The van der Waals surface area contributed by atoms with E-state index in [9.17, 15) is 8.42 Å². The van der Waals surface area contributed by atoms with Gasteiger partial charge in [-0.05, 0) is 42.0 Å². The van der Waals surface area contributed by atoms with Crippen LogP contribution in [0.4, 0.5) is 0 Å². The topological polar surface area (TPSA) is 91.8 Å². The van der Waals surface area contributed by atoms with Crippen LogP contribution in [0.25, 0.3) is 0 Å². The average molecular weight is 439 g/mol. The maximum absolute atomic E-state index is 12.1. The fourth-order valence-electron chi connectivity index (χ4n) is 2.45. The number of nitrogens with one attached hydrogen (secondary N) is 3. The smallest absolute Gasteiger partial charge is 0.250 e. The third kappa shape index (κ3) is 7.68. The maximum atomic E-state index is 12.1. The first kappa shape index (κ1) is 23.2.